The van der Waals surface area contributed by atoms with Gasteiger partial charge in [0.1, 0.15) is 11.6 Å². The largest absolute Gasteiger partial charge is 0.435 e. The number of benzene rings is 1. The van der Waals surface area contributed by atoms with Crippen molar-refractivity contribution in [3.05, 3.63) is 24.0 Å². The lowest BCUT2D eigenvalue weighted by Gasteiger charge is -2.26. The lowest BCUT2D eigenvalue weighted by atomic mass is 9.99. The van der Waals surface area contributed by atoms with E-state index in [2.05, 4.69) is 15.4 Å². The Morgan fingerprint density at radius 2 is 2.16 bits per heavy atom. The third kappa shape index (κ3) is 4.13. The number of carbonyl (C=O) groups is 1. The minimum atomic E-state index is -3.04. The second kappa shape index (κ2) is 5.92. The Balaban J connectivity index is 1.98. The maximum atomic E-state index is 13.2. The summed E-state index contributed by atoms with van der Waals surface area (Å²) in [6.45, 7) is -1.49. The van der Waals surface area contributed by atoms with E-state index in [-0.39, 0.29) is 23.3 Å². The summed E-state index contributed by atoms with van der Waals surface area (Å²) in [6, 6.07) is 3.04. The molecule has 1 aliphatic heterocycles. The van der Waals surface area contributed by atoms with Crippen molar-refractivity contribution in [2.24, 2.45) is 5.92 Å². The zero-order valence-corrected chi connectivity index (χ0v) is 9.96. The van der Waals surface area contributed by atoms with Gasteiger partial charge in [-0.25, -0.2) is 4.39 Å². The van der Waals surface area contributed by atoms with Gasteiger partial charge in [0, 0.05) is 24.2 Å². The number of rotatable bonds is 5. The van der Waals surface area contributed by atoms with E-state index in [4.69, 9.17) is 0 Å². The normalized spacial score (nSPS) is 15.2. The van der Waals surface area contributed by atoms with E-state index in [0.717, 1.165) is 31.3 Å². The van der Waals surface area contributed by atoms with Crippen LogP contribution < -0.4 is 15.4 Å². The lowest BCUT2D eigenvalue weighted by molar-refractivity contribution is -0.117. The lowest BCUT2D eigenvalue weighted by Crippen LogP contribution is -2.43. The van der Waals surface area contributed by atoms with Crippen molar-refractivity contribution < 1.29 is 22.7 Å². The van der Waals surface area contributed by atoms with E-state index in [1.54, 1.807) is 0 Å². The highest BCUT2D eigenvalue weighted by atomic mass is 19.3. The van der Waals surface area contributed by atoms with Crippen molar-refractivity contribution in [3.8, 4) is 5.75 Å². The summed E-state index contributed by atoms with van der Waals surface area (Å²) in [6.07, 6.45) is 0.314. The Hall–Kier alpha value is -1.76. The average Bonchev–Trinajstić information content (AvgIpc) is 2.21. The molecule has 104 valence electrons. The molecule has 1 heterocycles. The Labute approximate surface area is 107 Å². The predicted molar refractivity (Wildman–Crippen MR) is 62.6 cm³/mol. The van der Waals surface area contributed by atoms with E-state index in [1.165, 1.54) is 0 Å². The highest BCUT2D eigenvalue weighted by Crippen LogP contribution is 2.22. The summed E-state index contributed by atoms with van der Waals surface area (Å²) in [5.41, 5.74) is 0.105. The Kier molecular flexibility index (Phi) is 4.26. The molecule has 7 heteroatoms. The molecule has 1 fully saturated rings. The number of nitrogens with one attached hydrogen (secondary N) is 2. The summed E-state index contributed by atoms with van der Waals surface area (Å²) in [4.78, 5) is 11.6. The smallest absolute Gasteiger partial charge is 0.387 e. The number of halogens is 3. The quantitative estimate of drug-likeness (QED) is 0.863. The van der Waals surface area contributed by atoms with Gasteiger partial charge >= 0.3 is 6.61 Å². The highest BCUT2D eigenvalue weighted by Gasteiger charge is 2.20. The molecule has 2 N–H and O–H groups in total. The fourth-order valence-electron chi connectivity index (χ4n) is 1.77. The number of carbonyl (C=O) groups excluding carboxylic acids is 1. The van der Waals surface area contributed by atoms with E-state index in [1.807, 2.05) is 0 Å². The van der Waals surface area contributed by atoms with Crippen LogP contribution in [0.1, 0.15) is 6.42 Å². The molecule has 0 saturated carbocycles. The first-order valence-electron chi connectivity index (χ1n) is 5.79. The molecule has 1 aromatic carbocycles. The molecule has 19 heavy (non-hydrogen) atoms. The summed E-state index contributed by atoms with van der Waals surface area (Å²) >= 11 is 0. The molecule has 4 nitrogen and oxygen atoms in total. The van der Waals surface area contributed by atoms with Crippen LogP contribution in [0.4, 0.5) is 18.9 Å². The van der Waals surface area contributed by atoms with Gasteiger partial charge in [0.25, 0.3) is 0 Å². The fourth-order valence-corrected chi connectivity index (χ4v) is 1.77. The molecule has 2 rings (SSSR count). The summed E-state index contributed by atoms with van der Waals surface area (Å²) in [5, 5.41) is 5.49. The number of hydrogen-bond donors (Lipinski definition) is 2. The molecule has 0 bridgehead atoms. The van der Waals surface area contributed by atoms with Crippen LogP contribution >= 0.6 is 0 Å². The van der Waals surface area contributed by atoms with Gasteiger partial charge in [-0.1, -0.05) is 0 Å². The van der Waals surface area contributed by atoms with E-state index >= 15 is 0 Å². The van der Waals surface area contributed by atoms with Crippen molar-refractivity contribution in [2.45, 2.75) is 13.0 Å². The molecule has 1 aromatic rings. The third-order valence-corrected chi connectivity index (χ3v) is 2.72. The maximum Gasteiger partial charge on any atom is 0.387 e. The van der Waals surface area contributed by atoms with Gasteiger partial charge in [-0.3, -0.25) is 4.79 Å². The standard InChI is InChI=1S/C12H13F3N2O2/c13-8-2-9(4-10(3-8)19-12(14)15)17-11(18)1-7-5-16-6-7/h2-4,7,12,16H,1,5-6H2,(H,17,18). The van der Waals surface area contributed by atoms with Crippen LogP contribution in [0.25, 0.3) is 0 Å². The molecule has 1 aliphatic rings. The summed E-state index contributed by atoms with van der Waals surface area (Å²) < 4.78 is 41.3. The van der Waals surface area contributed by atoms with Gasteiger partial charge in [-0.2, -0.15) is 8.78 Å². The second-order valence-electron chi connectivity index (χ2n) is 4.33. The van der Waals surface area contributed by atoms with Crippen LogP contribution in [-0.2, 0) is 4.79 Å². The topological polar surface area (TPSA) is 50.4 Å². The molecule has 0 radical (unpaired) electrons. The predicted octanol–water partition coefficient (Wildman–Crippen LogP) is 1.98. The minimum absolute atomic E-state index is 0.105. The molecule has 0 aromatic heterocycles. The average molecular weight is 274 g/mol. The van der Waals surface area contributed by atoms with Gasteiger partial charge in [0.15, 0.2) is 0 Å². The number of amides is 1. The second-order valence-corrected chi connectivity index (χ2v) is 4.33. The van der Waals surface area contributed by atoms with Crippen molar-refractivity contribution in [3.63, 3.8) is 0 Å². The first-order valence-corrected chi connectivity index (χ1v) is 5.79. The molecule has 0 spiro atoms. The highest BCUT2D eigenvalue weighted by molar-refractivity contribution is 5.91. The monoisotopic (exact) mass is 274 g/mol. The molecule has 1 amide bonds. The number of hydrogen-bond acceptors (Lipinski definition) is 3. The van der Waals surface area contributed by atoms with Crippen molar-refractivity contribution >= 4 is 11.6 Å². The van der Waals surface area contributed by atoms with E-state index in [0.29, 0.717) is 6.42 Å². The first kappa shape index (κ1) is 13.7. The van der Waals surface area contributed by atoms with Gasteiger partial charge in [-0.15, -0.1) is 0 Å². The molecule has 1 saturated heterocycles. The number of ether oxygens (including phenoxy) is 1. The first-order chi connectivity index (χ1) is 9.02. The van der Waals surface area contributed by atoms with E-state index < -0.39 is 12.4 Å². The van der Waals surface area contributed by atoms with E-state index in [9.17, 15) is 18.0 Å². The van der Waals surface area contributed by atoms with Crippen molar-refractivity contribution in [1.29, 1.82) is 0 Å². The molecule has 0 aliphatic carbocycles. The third-order valence-electron chi connectivity index (χ3n) is 2.72. The van der Waals surface area contributed by atoms with Crippen molar-refractivity contribution in [1.82, 2.24) is 5.32 Å². The van der Waals surface area contributed by atoms with Crippen LogP contribution in [0.3, 0.4) is 0 Å². The Morgan fingerprint density at radius 3 is 2.74 bits per heavy atom. The summed E-state index contributed by atoms with van der Waals surface area (Å²) in [5.74, 6) is -1.08. The van der Waals surface area contributed by atoms with Gasteiger partial charge in [0.05, 0.1) is 0 Å². The van der Waals surface area contributed by atoms with Crippen LogP contribution in [0.5, 0.6) is 5.75 Å². The van der Waals surface area contributed by atoms with Crippen LogP contribution in [0.15, 0.2) is 18.2 Å². The Bertz CT molecular complexity index is 464. The molecular weight excluding hydrogens is 261 g/mol. The molecular formula is C12H13F3N2O2. The molecule has 0 unspecified atom stereocenters. The van der Waals surface area contributed by atoms with Gasteiger partial charge in [0.2, 0.25) is 5.91 Å². The van der Waals surface area contributed by atoms with Crippen LogP contribution in [-0.4, -0.2) is 25.6 Å². The number of anilines is 1. The SMILES string of the molecule is O=C(CC1CNC1)Nc1cc(F)cc(OC(F)F)c1. The van der Waals surface area contributed by atoms with Gasteiger partial charge in [-0.05, 0) is 25.1 Å². The zero-order chi connectivity index (χ0) is 13.8. The van der Waals surface area contributed by atoms with Crippen molar-refractivity contribution in [2.75, 3.05) is 18.4 Å². The van der Waals surface area contributed by atoms with Crippen LogP contribution in [0, 0.1) is 11.7 Å². The maximum absolute atomic E-state index is 13.2. The summed E-state index contributed by atoms with van der Waals surface area (Å²) in [7, 11) is 0. The minimum Gasteiger partial charge on any atom is -0.435 e. The number of alkyl halides is 2. The fraction of sp³-hybridized carbons (Fsp3) is 0.417. The van der Waals surface area contributed by atoms with Crippen LogP contribution in [0.2, 0.25) is 0 Å². The Morgan fingerprint density at radius 1 is 1.42 bits per heavy atom. The zero-order valence-electron chi connectivity index (χ0n) is 9.96. The van der Waals surface area contributed by atoms with Gasteiger partial charge < -0.3 is 15.4 Å². The molecule has 0 atom stereocenters.